The van der Waals surface area contributed by atoms with E-state index in [0.29, 0.717) is 17.1 Å². The van der Waals surface area contributed by atoms with Crippen molar-refractivity contribution in [3.05, 3.63) is 52.8 Å². The third-order valence-corrected chi connectivity index (χ3v) is 2.95. The van der Waals surface area contributed by atoms with Crippen LogP contribution in [0.25, 0.3) is 0 Å². The van der Waals surface area contributed by atoms with Crippen LogP contribution in [0.3, 0.4) is 0 Å². The number of nitrogens with zero attached hydrogens (tertiary/aromatic N) is 1. The molecule has 0 saturated carbocycles. The van der Waals surface area contributed by atoms with Crippen molar-refractivity contribution >= 4 is 17.5 Å². The summed E-state index contributed by atoms with van der Waals surface area (Å²) in [5.74, 6) is -0.196. The van der Waals surface area contributed by atoms with Gasteiger partial charge in [0.15, 0.2) is 0 Å². The number of benzene rings is 1. The highest BCUT2D eigenvalue weighted by Crippen LogP contribution is 2.19. The SMILES string of the molecule is CO[C@@H](CNC(=O)c1cn[nH]c1)c1cccc(Cl)c1. The molecule has 6 heteroatoms. The molecule has 0 bridgehead atoms. The molecule has 2 aromatic rings. The van der Waals surface area contributed by atoms with Gasteiger partial charge in [0.1, 0.15) is 0 Å². The van der Waals surface area contributed by atoms with Gasteiger partial charge in [0.25, 0.3) is 5.91 Å². The molecular formula is C13H14ClN3O2. The largest absolute Gasteiger partial charge is 0.375 e. The van der Waals surface area contributed by atoms with Gasteiger partial charge in [0, 0.05) is 24.9 Å². The molecule has 2 rings (SSSR count). The number of carbonyl (C=O) groups is 1. The summed E-state index contributed by atoms with van der Waals surface area (Å²) in [5.41, 5.74) is 1.41. The van der Waals surface area contributed by atoms with Gasteiger partial charge in [0.05, 0.1) is 17.9 Å². The minimum absolute atomic E-state index is 0.196. The fraction of sp³-hybridized carbons (Fsp3) is 0.231. The summed E-state index contributed by atoms with van der Waals surface area (Å²) in [6.45, 7) is 0.362. The van der Waals surface area contributed by atoms with Crippen LogP contribution >= 0.6 is 11.6 Å². The van der Waals surface area contributed by atoms with Crippen LogP contribution in [0.4, 0.5) is 0 Å². The number of amides is 1. The molecule has 0 fully saturated rings. The van der Waals surface area contributed by atoms with Crippen molar-refractivity contribution in [2.45, 2.75) is 6.10 Å². The first-order chi connectivity index (χ1) is 9.20. The molecule has 0 spiro atoms. The van der Waals surface area contributed by atoms with Crippen molar-refractivity contribution in [2.75, 3.05) is 13.7 Å². The lowest BCUT2D eigenvalue weighted by Gasteiger charge is -2.16. The summed E-state index contributed by atoms with van der Waals surface area (Å²) in [6, 6.07) is 7.37. The third kappa shape index (κ3) is 3.56. The van der Waals surface area contributed by atoms with E-state index in [4.69, 9.17) is 16.3 Å². The van der Waals surface area contributed by atoms with Crippen molar-refractivity contribution in [3.8, 4) is 0 Å². The molecule has 1 aromatic carbocycles. The van der Waals surface area contributed by atoms with Gasteiger partial charge >= 0.3 is 0 Å². The Morgan fingerprint density at radius 2 is 2.42 bits per heavy atom. The minimum atomic E-state index is -0.241. The van der Waals surface area contributed by atoms with E-state index >= 15 is 0 Å². The molecular weight excluding hydrogens is 266 g/mol. The van der Waals surface area contributed by atoms with Crippen LogP contribution in [0.5, 0.6) is 0 Å². The first-order valence-electron chi connectivity index (χ1n) is 5.76. The van der Waals surface area contributed by atoms with Gasteiger partial charge in [-0.2, -0.15) is 5.10 Å². The standard InChI is InChI=1S/C13H14ClN3O2/c1-19-12(9-3-2-4-11(14)5-9)8-15-13(18)10-6-16-17-7-10/h2-7,12H,8H2,1H3,(H,15,18)(H,16,17)/t12-/m0/s1. The van der Waals surface area contributed by atoms with E-state index < -0.39 is 0 Å². The summed E-state index contributed by atoms with van der Waals surface area (Å²) < 4.78 is 5.36. The van der Waals surface area contributed by atoms with Crippen LogP contribution in [-0.4, -0.2) is 29.8 Å². The number of nitrogens with one attached hydrogen (secondary N) is 2. The van der Waals surface area contributed by atoms with Gasteiger partial charge in [0.2, 0.25) is 0 Å². The Labute approximate surface area is 115 Å². The molecule has 1 atom stereocenters. The van der Waals surface area contributed by atoms with Crippen LogP contribution in [0.1, 0.15) is 22.0 Å². The van der Waals surface area contributed by atoms with Gasteiger partial charge in [-0.3, -0.25) is 9.89 Å². The molecule has 5 nitrogen and oxygen atoms in total. The van der Waals surface area contributed by atoms with Crippen LogP contribution in [-0.2, 0) is 4.74 Å². The number of hydrogen-bond acceptors (Lipinski definition) is 3. The minimum Gasteiger partial charge on any atom is -0.375 e. The topological polar surface area (TPSA) is 67.0 Å². The zero-order valence-corrected chi connectivity index (χ0v) is 11.1. The van der Waals surface area contributed by atoms with Gasteiger partial charge in [-0.05, 0) is 17.7 Å². The second-order valence-electron chi connectivity index (χ2n) is 3.98. The Hall–Kier alpha value is -1.85. The average Bonchev–Trinajstić information content (AvgIpc) is 2.93. The fourth-order valence-corrected chi connectivity index (χ4v) is 1.91. The smallest absolute Gasteiger partial charge is 0.254 e. The highest BCUT2D eigenvalue weighted by Gasteiger charge is 2.13. The summed E-state index contributed by atoms with van der Waals surface area (Å²) in [6.07, 6.45) is 2.77. The van der Waals surface area contributed by atoms with E-state index in [1.807, 2.05) is 18.2 Å². The maximum absolute atomic E-state index is 11.8. The summed E-state index contributed by atoms with van der Waals surface area (Å²) in [7, 11) is 1.59. The van der Waals surface area contributed by atoms with Gasteiger partial charge in [-0.1, -0.05) is 23.7 Å². The molecule has 100 valence electrons. The lowest BCUT2D eigenvalue weighted by Crippen LogP contribution is -2.28. The molecule has 1 amide bonds. The summed E-state index contributed by atoms with van der Waals surface area (Å²) in [4.78, 5) is 11.8. The number of hydrogen-bond donors (Lipinski definition) is 2. The molecule has 0 aliphatic carbocycles. The predicted molar refractivity (Wildman–Crippen MR) is 72.1 cm³/mol. The highest BCUT2D eigenvalue weighted by molar-refractivity contribution is 6.30. The highest BCUT2D eigenvalue weighted by atomic mass is 35.5. The van der Waals surface area contributed by atoms with E-state index in [-0.39, 0.29) is 12.0 Å². The van der Waals surface area contributed by atoms with Crippen molar-refractivity contribution in [1.82, 2.24) is 15.5 Å². The third-order valence-electron chi connectivity index (χ3n) is 2.71. The number of ether oxygens (including phenoxy) is 1. The lowest BCUT2D eigenvalue weighted by atomic mass is 10.1. The van der Waals surface area contributed by atoms with Crippen LogP contribution < -0.4 is 5.32 Å². The summed E-state index contributed by atoms with van der Waals surface area (Å²) >= 11 is 5.93. The number of aromatic nitrogens is 2. The number of rotatable bonds is 5. The maximum atomic E-state index is 11.8. The molecule has 19 heavy (non-hydrogen) atoms. The van der Waals surface area contributed by atoms with E-state index in [1.165, 1.54) is 12.4 Å². The molecule has 0 aliphatic heterocycles. The van der Waals surface area contributed by atoms with Crippen LogP contribution in [0.2, 0.25) is 5.02 Å². The summed E-state index contributed by atoms with van der Waals surface area (Å²) in [5, 5.41) is 9.74. The Bertz CT molecular complexity index is 543. The lowest BCUT2D eigenvalue weighted by molar-refractivity contribution is 0.0828. The van der Waals surface area contributed by atoms with E-state index in [2.05, 4.69) is 15.5 Å². The number of halogens is 1. The van der Waals surface area contributed by atoms with Crippen molar-refractivity contribution in [2.24, 2.45) is 0 Å². The Kier molecular flexibility index (Phi) is 4.54. The quantitative estimate of drug-likeness (QED) is 0.881. The average molecular weight is 280 g/mol. The number of methoxy groups -OCH3 is 1. The maximum Gasteiger partial charge on any atom is 0.254 e. The van der Waals surface area contributed by atoms with Crippen molar-refractivity contribution in [1.29, 1.82) is 0 Å². The first kappa shape index (κ1) is 13.6. The van der Waals surface area contributed by atoms with E-state index in [9.17, 15) is 4.79 Å². The normalized spacial score (nSPS) is 12.1. The number of carbonyl (C=O) groups excluding carboxylic acids is 1. The van der Waals surface area contributed by atoms with Gasteiger partial charge in [-0.25, -0.2) is 0 Å². The number of H-pyrrole nitrogens is 1. The second kappa shape index (κ2) is 6.36. The predicted octanol–water partition coefficient (Wildman–Crippen LogP) is 2.18. The zero-order valence-electron chi connectivity index (χ0n) is 10.4. The molecule has 0 radical (unpaired) electrons. The van der Waals surface area contributed by atoms with Gasteiger partial charge < -0.3 is 10.1 Å². The Morgan fingerprint density at radius 3 is 3.05 bits per heavy atom. The molecule has 2 N–H and O–H groups in total. The Morgan fingerprint density at radius 1 is 1.58 bits per heavy atom. The zero-order chi connectivity index (χ0) is 13.7. The molecule has 1 aromatic heterocycles. The fourth-order valence-electron chi connectivity index (χ4n) is 1.71. The second-order valence-corrected chi connectivity index (χ2v) is 4.41. The molecule has 0 saturated heterocycles. The first-order valence-corrected chi connectivity index (χ1v) is 6.13. The van der Waals surface area contributed by atoms with E-state index in [1.54, 1.807) is 13.2 Å². The van der Waals surface area contributed by atoms with Gasteiger partial charge in [-0.15, -0.1) is 0 Å². The van der Waals surface area contributed by atoms with Crippen molar-refractivity contribution in [3.63, 3.8) is 0 Å². The van der Waals surface area contributed by atoms with E-state index in [0.717, 1.165) is 5.56 Å². The number of aromatic amines is 1. The monoisotopic (exact) mass is 279 g/mol. The molecule has 0 unspecified atom stereocenters. The van der Waals surface area contributed by atoms with Crippen LogP contribution in [0.15, 0.2) is 36.7 Å². The Balaban J connectivity index is 1.98. The van der Waals surface area contributed by atoms with Crippen LogP contribution in [0, 0.1) is 0 Å². The molecule has 1 heterocycles. The molecule has 0 aliphatic rings. The van der Waals surface area contributed by atoms with Crippen molar-refractivity contribution < 1.29 is 9.53 Å².